The van der Waals surface area contributed by atoms with E-state index in [2.05, 4.69) is 33.7 Å². The first-order valence-corrected chi connectivity index (χ1v) is 16.1. The molecule has 0 aliphatic carbocycles. The molecule has 0 saturated heterocycles. The Balaban J connectivity index is 3.08. The zero-order chi connectivity index (χ0) is 25.0. The Bertz CT molecular complexity index is 386. The van der Waals surface area contributed by atoms with Crippen molar-refractivity contribution in [1.82, 2.24) is 0 Å². The molecule has 0 bridgehead atoms. The summed E-state index contributed by atoms with van der Waals surface area (Å²) in [5.74, 6) is 0. The van der Waals surface area contributed by atoms with E-state index in [-0.39, 0.29) is 0 Å². The highest BCUT2D eigenvalue weighted by Crippen LogP contribution is 2.16. The predicted octanol–water partition coefficient (Wildman–Crippen LogP) is 11.4. The second-order valence-electron chi connectivity index (χ2n) is 12.0. The van der Waals surface area contributed by atoms with Crippen LogP contribution >= 0.6 is 0 Å². The molecule has 0 radical (unpaired) electrons. The Kier molecular flexibility index (Phi) is 27.0. The molecule has 0 aromatic heterocycles. The summed E-state index contributed by atoms with van der Waals surface area (Å²) in [5, 5.41) is 0. The van der Waals surface area contributed by atoms with Gasteiger partial charge < -0.3 is 4.48 Å². The SMILES string of the molecule is C=CC[N+](C)(C)CCCCCCCCCCCCCCCCCCCCCCCCCCCC. The van der Waals surface area contributed by atoms with Crippen molar-refractivity contribution < 1.29 is 4.48 Å². The molecule has 1 heteroatoms. The summed E-state index contributed by atoms with van der Waals surface area (Å²) < 4.78 is 1.10. The smallest absolute Gasteiger partial charge is 0.0966 e. The maximum Gasteiger partial charge on any atom is 0.0966 e. The molecule has 0 rings (SSSR count). The van der Waals surface area contributed by atoms with E-state index in [9.17, 15) is 0 Å². The van der Waals surface area contributed by atoms with E-state index in [1.54, 1.807) is 0 Å². The second kappa shape index (κ2) is 27.3. The van der Waals surface area contributed by atoms with Crippen molar-refractivity contribution >= 4 is 0 Å². The Morgan fingerprint density at radius 3 is 0.882 bits per heavy atom. The molecular weight excluding hydrogens is 410 g/mol. The minimum atomic E-state index is 1.10. The Morgan fingerprint density at radius 1 is 0.412 bits per heavy atom. The normalized spacial score (nSPS) is 11.9. The van der Waals surface area contributed by atoms with Crippen molar-refractivity contribution in [2.45, 2.75) is 174 Å². The molecule has 0 heterocycles. The molecule has 34 heavy (non-hydrogen) atoms. The summed E-state index contributed by atoms with van der Waals surface area (Å²) in [4.78, 5) is 0. The highest BCUT2D eigenvalue weighted by Gasteiger charge is 2.11. The number of quaternary nitrogens is 1. The molecule has 0 fully saturated rings. The summed E-state index contributed by atoms with van der Waals surface area (Å²) in [6.07, 6.45) is 40.2. The van der Waals surface area contributed by atoms with Crippen LogP contribution in [0.2, 0.25) is 0 Å². The van der Waals surface area contributed by atoms with E-state index >= 15 is 0 Å². The molecule has 0 unspecified atom stereocenters. The van der Waals surface area contributed by atoms with Crippen LogP contribution < -0.4 is 0 Å². The lowest BCUT2D eigenvalue weighted by molar-refractivity contribution is -0.884. The Morgan fingerprint density at radius 2 is 0.647 bits per heavy atom. The van der Waals surface area contributed by atoms with Gasteiger partial charge in [0.05, 0.1) is 27.2 Å². The van der Waals surface area contributed by atoms with Crippen LogP contribution in [0.5, 0.6) is 0 Å². The largest absolute Gasteiger partial charge is 0.325 e. The van der Waals surface area contributed by atoms with Gasteiger partial charge in [0, 0.05) is 0 Å². The fourth-order valence-corrected chi connectivity index (χ4v) is 5.30. The van der Waals surface area contributed by atoms with Crippen molar-refractivity contribution in [3.63, 3.8) is 0 Å². The topological polar surface area (TPSA) is 0 Å². The molecule has 0 N–H and O–H groups in total. The third-order valence-electron chi connectivity index (χ3n) is 7.74. The summed E-state index contributed by atoms with van der Waals surface area (Å²) in [5.41, 5.74) is 0. The first kappa shape index (κ1) is 33.7. The highest BCUT2D eigenvalue weighted by atomic mass is 15.3. The van der Waals surface area contributed by atoms with Crippen LogP contribution in [0, 0.1) is 0 Å². The molecule has 0 amide bonds. The lowest BCUT2D eigenvalue weighted by Gasteiger charge is -2.28. The fourth-order valence-electron chi connectivity index (χ4n) is 5.30. The Hall–Kier alpha value is -0.300. The van der Waals surface area contributed by atoms with Crippen LogP contribution in [0.15, 0.2) is 12.7 Å². The van der Waals surface area contributed by atoms with Crippen molar-refractivity contribution in [1.29, 1.82) is 0 Å². The van der Waals surface area contributed by atoms with E-state index in [1.807, 2.05) is 0 Å². The maximum absolute atomic E-state index is 3.88. The Labute approximate surface area is 218 Å². The van der Waals surface area contributed by atoms with Crippen LogP contribution in [-0.2, 0) is 0 Å². The van der Waals surface area contributed by atoms with Gasteiger partial charge in [-0.1, -0.05) is 168 Å². The minimum absolute atomic E-state index is 1.10. The summed E-state index contributed by atoms with van der Waals surface area (Å²) >= 11 is 0. The van der Waals surface area contributed by atoms with Crippen molar-refractivity contribution in [2.75, 3.05) is 27.2 Å². The van der Waals surface area contributed by atoms with Gasteiger partial charge in [-0.2, -0.15) is 0 Å². The monoisotopic (exact) mass is 479 g/mol. The van der Waals surface area contributed by atoms with E-state index in [4.69, 9.17) is 0 Å². The quantitative estimate of drug-likeness (QED) is 0.0569. The first-order chi connectivity index (χ1) is 16.6. The van der Waals surface area contributed by atoms with Crippen molar-refractivity contribution in [3.05, 3.63) is 12.7 Å². The highest BCUT2D eigenvalue weighted by molar-refractivity contribution is 4.64. The standard InChI is InChI=1S/C33H68N/c1-5-7-8-9-10-11-12-13-14-15-16-17-18-19-20-21-22-23-24-25-26-27-28-29-30-31-33-34(3,4)32-6-2/h6H,2,5,7-33H2,1,3-4H3/q+1. The van der Waals surface area contributed by atoms with Gasteiger partial charge in [0.25, 0.3) is 0 Å². The van der Waals surface area contributed by atoms with Crippen LogP contribution in [0.25, 0.3) is 0 Å². The molecule has 1 nitrogen and oxygen atoms in total. The molecule has 204 valence electrons. The molecule has 0 aliphatic heterocycles. The summed E-state index contributed by atoms with van der Waals surface area (Å²) in [6.45, 7) is 8.57. The third-order valence-corrected chi connectivity index (χ3v) is 7.74. The van der Waals surface area contributed by atoms with E-state index in [0.29, 0.717) is 0 Å². The van der Waals surface area contributed by atoms with Gasteiger partial charge in [0.2, 0.25) is 0 Å². The number of nitrogens with zero attached hydrogens (tertiary/aromatic N) is 1. The molecule has 0 atom stereocenters. The van der Waals surface area contributed by atoms with Gasteiger partial charge in [0.1, 0.15) is 0 Å². The lowest BCUT2D eigenvalue weighted by Crippen LogP contribution is -2.40. The number of hydrogen-bond acceptors (Lipinski definition) is 0. The van der Waals surface area contributed by atoms with Crippen LogP contribution in [0.3, 0.4) is 0 Å². The molecule has 0 aromatic carbocycles. The average molecular weight is 479 g/mol. The van der Waals surface area contributed by atoms with Crippen molar-refractivity contribution in [3.8, 4) is 0 Å². The zero-order valence-corrected chi connectivity index (χ0v) is 24.5. The molecular formula is C33H68N+. The number of rotatable bonds is 29. The summed E-state index contributed by atoms with van der Waals surface area (Å²) in [7, 11) is 4.64. The third kappa shape index (κ3) is 27.9. The van der Waals surface area contributed by atoms with E-state index in [0.717, 1.165) is 11.0 Å². The average Bonchev–Trinajstić information content (AvgIpc) is 2.81. The van der Waals surface area contributed by atoms with Crippen LogP contribution in [0.1, 0.15) is 174 Å². The number of hydrogen-bond donors (Lipinski definition) is 0. The molecule has 0 spiro atoms. The van der Waals surface area contributed by atoms with Gasteiger partial charge in [-0.05, 0) is 18.9 Å². The van der Waals surface area contributed by atoms with Gasteiger partial charge in [-0.15, -0.1) is 0 Å². The van der Waals surface area contributed by atoms with Gasteiger partial charge >= 0.3 is 0 Å². The maximum atomic E-state index is 3.88. The fraction of sp³-hybridized carbons (Fsp3) is 0.939. The summed E-state index contributed by atoms with van der Waals surface area (Å²) in [6, 6.07) is 0. The first-order valence-electron chi connectivity index (χ1n) is 16.1. The second-order valence-corrected chi connectivity index (χ2v) is 12.0. The number of likely N-dealkylation sites (N-methyl/N-ethyl adjacent to an activating group) is 1. The van der Waals surface area contributed by atoms with E-state index in [1.165, 1.54) is 173 Å². The van der Waals surface area contributed by atoms with Gasteiger partial charge in [0.15, 0.2) is 0 Å². The number of unbranched alkanes of at least 4 members (excludes halogenated alkanes) is 25. The van der Waals surface area contributed by atoms with Gasteiger partial charge in [-0.25, -0.2) is 0 Å². The van der Waals surface area contributed by atoms with Gasteiger partial charge in [-0.3, -0.25) is 0 Å². The van der Waals surface area contributed by atoms with Crippen LogP contribution in [0.4, 0.5) is 0 Å². The molecule has 0 aromatic rings. The molecule has 0 aliphatic rings. The van der Waals surface area contributed by atoms with Crippen LogP contribution in [-0.4, -0.2) is 31.7 Å². The zero-order valence-electron chi connectivity index (χ0n) is 24.5. The minimum Gasteiger partial charge on any atom is -0.325 e. The lowest BCUT2D eigenvalue weighted by atomic mass is 10.0. The van der Waals surface area contributed by atoms with Crippen molar-refractivity contribution in [2.24, 2.45) is 0 Å². The van der Waals surface area contributed by atoms with E-state index < -0.39 is 0 Å². The predicted molar refractivity (Wildman–Crippen MR) is 158 cm³/mol. The molecule has 0 saturated carbocycles.